The van der Waals surface area contributed by atoms with Crippen LogP contribution < -0.4 is 5.73 Å². The maximum Gasteiger partial charge on any atom is 0.390 e. The van der Waals surface area contributed by atoms with E-state index in [9.17, 15) is 13.2 Å². The van der Waals surface area contributed by atoms with Gasteiger partial charge in [-0.25, -0.2) is 0 Å². The largest absolute Gasteiger partial charge is 0.390 e. The van der Waals surface area contributed by atoms with Crippen molar-refractivity contribution in [3.63, 3.8) is 0 Å². The predicted octanol–water partition coefficient (Wildman–Crippen LogP) is 2.80. The topological polar surface area (TPSA) is 38.9 Å². The molecular formula is C8H8BrF3N2. The highest BCUT2D eigenvalue weighted by molar-refractivity contribution is 9.10. The first-order valence-electron chi connectivity index (χ1n) is 3.81. The number of aromatic nitrogens is 1. The van der Waals surface area contributed by atoms with E-state index in [1.807, 2.05) is 0 Å². The summed E-state index contributed by atoms with van der Waals surface area (Å²) in [7, 11) is 0. The molecule has 1 aromatic rings. The number of nitrogens with zero attached hydrogens (tertiary/aromatic N) is 1. The van der Waals surface area contributed by atoms with Gasteiger partial charge in [0.15, 0.2) is 0 Å². The molecule has 0 radical (unpaired) electrons. The van der Waals surface area contributed by atoms with Crippen LogP contribution in [0.5, 0.6) is 0 Å². The third-order valence-electron chi connectivity index (χ3n) is 1.61. The van der Waals surface area contributed by atoms with Crippen molar-refractivity contribution in [1.29, 1.82) is 0 Å². The van der Waals surface area contributed by atoms with Gasteiger partial charge < -0.3 is 5.73 Å². The van der Waals surface area contributed by atoms with Crippen LogP contribution in [0, 0.1) is 0 Å². The Morgan fingerprint density at radius 3 is 2.57 bits per heavy atom. The summed E-state index contributed by atoms with van der Waals surface area (Å²) in [4.78, 5) is 3.74. The molecule has 0 unspecified atom stereocenters. The van der Waals surface area contributed by atoms with E-state index < -0.39 is 18.6 Å². The van der Waals surface area contributed by atoms with Gasteiger partial charge in [0.2, 0.25) is 0 Å². The number of hydrogen-bond acceptors (Lipinski definition) is 2. The van der Waals surface area contributed by atoms with Gasteiger partial charge in [-0.3, -0.25) is 4.98 Å². The molecule has 0 saturated carbocycles. The van der Waals surface area contributed by atoms with E-state index >= 15 is 0 Å². The lowest BCUT2D eigenvalue weighted by Crippen LogP contribution is -2.20. The lowest BCUT2D eigenvalue weighted by atomic mass is 10.1. The van der Waals surface area contributed by atoms with Crippen LogP contribution in [0.4, 0.5) is 13.2 Å². The number of alkyl halides is 3. The van der Waals surface area contributed by atoms with Crippen LogP contribution in [-0.2, 0) is 0 Å². The van der Waals surface area contributed by atoms with E-state index in [-0.39, 0.29) is 0 Å². The number of pyridine rings is 1. The second-order valence-electron chi connectivity index (χ2n) is 2.86. The number of nitrogens with two attached hydrogens (primary N) is 1. The van der Waals surface area contributed by atoms with E-state index in [2.05, 4.69) is 20.9 Å². The molecule has 0 amide bonds. The molecule has 0 aromatic carbocycles. The quantitative estimate of drug-likeness (QED) is 0.896. The zero-order valence-electron chi connectivity index (χ0n) is 7.05. The highest BCUT2D eigenvalue weighted by Crippen LogP contribution is 2.28. The Morgan fingerprint density at radius 1 is 1.43 bits per heavy atom. The Kier molecular flexibility index (Phi) is 3.49. The minimum absolute atomic E-state index is 0.372. The summed E-state index contributed by atoms with van der Waals surface area (Å²) in [6.45, 7) is 0. The van der Waals surface area contributed by atoms with Crippen molar-refractivity contribution in [3.05, 3.63) is 28.5 Å². The van der Waals surface area contributed by atoms with Crippen LogP contribution in [0.3, 0.4) is 0 Å². The Morgan fingerprint density at radius 2 is 2.07 bits per heavy atom. The minimum Gasteiger partial charge on any atom is -0.324 e. The minimum atomic E-state index is -4.25. The van der Waals surface area contributed by atoms with Crippen LogP contribution in [0.2, 0.25) is 0 Å². The van der Waals surface area contributed by atoms with Gasteiger partial charge in [-0.1, -0.05) is 0 Å². The summed E-state index contributed by atoms with van der Waals surface area (Å²) in [5.74, 6) is 0. The normalized spacial score (nSPS) is 14.1. The van der Waals surface area contributed by atoms with E-state index in [1.165, 1.54) is 18.5 Å². The van der Waals surface area contributed by atoms with E-state index in [0.717, 1.165) is 0 Å². The van der Waals surface area contributed by atoms with Crippen molar-refractivity contribution in [2.45, 2.75) is 18.6 Å². The third kappa shape index (κ3) is 3.63. The number of rotatable bonds is 2. The van der Waals surface area contributed by atoms with E-state index in [1.54, 1.807) is 0 Å². The van der Waals surface area contributed by atoms with Crippen molar-refractivity contribution in [1.82, 2.24) is 4.98 Å². The third-order valence-corrected chi connectivity index (χ3v) is 2.04. The summed E-state index contributed by atoms with van der Waals surface area (Å²) in [6, 6.07) is 0.476. The van der Waals surface area contributed by atoms with Gasteiger partial charge in [0.1, 0.15) is 0 Å². The fourth-order valence-electron chi connectivity index (χ4n) is 0.998. The molecule has 0 saturated heterocycles. The lowest BCUT2D eigenvalue weighted by molar-refractivity contribution is -0.138. The van der Waals surface area contributed by atoms with Gasteiger partial charge in [0.05, 0.1) is 6.42 Å². The molecule has 2 N–H and O–H groups in total. The van der Waals surface area contributed by atoms with Crippen LogP contribution in [0.25, 0.3) is 0 Å². The standard InChI is InChI=1S/C8H8BrF3N2/c9-6-1-5(3-14-4-6)7(13)2-8(10,11)12/h1,3-4,7H,2,13H2/t7-/m0/s1. The average molecular weight is 269 g/mol. The summed E-state index contributed by atoms with van der Waals surface area (Å²) in [5.41, 5.74) is 5.74. The fraction of sp³-hybridized carbons (Fsp3) is 0.375. The lowest BCUT2D eigenvalue weighted by Gasteiger charge is -2.13. The first-order chi connectivity index (χ1) is 6.38. The molecule has 1 heterocycles. The molecule has 0 bridgehead atoms. The smallest absolute Gasteiger partial charge is 0.324 e. The van der Waals surface area contributed by atoms with Crippen molar-refractivity contribution >= 4 is 15.9 Å². The van der Waals surface area contributed by atoms with Crippen molar-refractivity contribution in [2.24, 2.45) is 5.73 Å². The summed E-state index contributed by atoms with van der Waals surface area (Å²) >= 11 is 3.11. The summed E-state index contributed by atoms with van der Waals surface area (Å²) in [5, 5.41) is 0. The van der Waals surface area contributed by atoms with Gasteiger partial charge in [0, 0.05) is 22.9 Å². The molecule has 1 rings (SSSR count). The molecular weight excluding hydrogens is 261 g/mol. The van der Waals surface area contributed by atoms with Crippen LogP contribution in [-0.4, -0.2) is 11.2 Å². The second-order valence-corrected chi connectivity index (χ2v) is 3.78. The molecule has 1 aromatic heterocycles. The summed E-state index contributed by atoms with van der Waals surface area (Å²) < 4.78 is 36.6. The summed E-state index contributed by atoms with van der Waals surface area (Å²) in [6.07, 6.45) is -2.46. The van der Waals surface area contributed by atoms with Gasteiger partial charge in [-0.15, -0.1) is 0 Å². The molecule has 0 spiro atoms. The first kappa shape index (κ1) is 11.5. The zero-order chi connectivity index (χ0) is 10.8. The SMILES string of the molecule is N[C@@H](CC(F)(F)F)c1cncc(Br)c1. The average Bonchev–Trinajstić information content (AvgIpc) is 2.01. The maximum atomic E-state index is 12.0. The van der Waals surface area contributed by atoms with Crippen molar-refractivity contribution < 1.29 is 13.2 Å². The van der Waals surface area contributed by atoms with Gasteiger partial charge in [-0.2, -0.15) is 13.2 Å². The molecule has 0 aliphatic heterocycles. The van der Waals surface area contributed by atoms with Crippen LogP contribution in [0.1, 0.15) is 18.0 Å². The highest BCUT2D eigenvalue weighted by atomic mass is 79.9. The van der Waals surface area contributed by atoms with Crippen LogP contribution >= 0.6 is 15.9 Å². The van der Waals surface area contributed by atoms with Gasteiger partial charge in [0.25, 0.3) is 0 Å². The molecule has 0 fully saturated rings. The van der Waals surface area contributed by atoms with Crippen molar-refractivity contribution in [3.8, 4) is 0 Å². The number of hydrogen-bond donors (Lipinski definition) is 1. The monoisotopic (exact) mass is 268 g/mol. The maximum absolute atomic E-state index is 12.0. The predicted molar refractivity (Wildman–Crippen MR) is 49.5 cm³/mol. The molecule has 2 nitrogen and oxygen atoms in total. The van der Waals surface area contributed by atoms with Gasteiger partial charge >= 0.3 is 6.18 Å². The first-order valence-corrected chi connectivity index (χ1v) is 4.60. The zero-order valence-corrected chi connectivity index (χ0v) is 8.64. The highest BCUT2D eigenvalue weighted by Gasteiger charge is 2.30. The molecule has 0 aliphatic rings. The Labute approximate surface area is 87.4 Å². The molecule has 78 valence electrons. The van der Waals surface area contributed by atoms with Gasteiger partial charge in [-0.05, 0) is 27.6 Å². The van der Waals surface area contributed by atoms with Crippen LogP contribution in [0.15, 0.2) is 22.9 Å². The fourth-order valence-corrected chi connectivity index (χ4v) is 1.38. The Bertz CT molecular complexity index is 314. The van der Waals surface area contributed by atoms with E-state index in [0.29, 0.717) is 10.0 Å². The Balaban J connectivity index is 2.74. The number of halogens is 4. The van der Waals surface area contributed by atoms with E-state index in [4.69, 9.17) is 5.73 Å². The molecule has 6 heteroatoms. The Hall–Kier alpha value is -0.620. The molecule has 1 atom stereocenters. The molecule has 0 aliphatic carbocycles. The second kappa shape index (κ2) is 4.27. The molecule has 14 heavy (non-hydrogen) atoms. The van der Waals surface area contributed by atoms with Crippen molar-refractivity contribution in [2.75, 3.05) is 0 Å².